The van der Waals surface area contributed by atoms with Crippen LogP contribution in [0.3, 0.4) is 0 Å². The first-order valence-electron chi connectivity index (χ1n) is 13.3. The molecule has 0 spiro atoms. The largest absolute Gasteiger partial charge is 0.491 e. The molecule has 0 saturated heterocycles. The third-order valence-corrected chi connectivity index (χ3v) is 7.89. The average molecular weight is 471 g/mol. The summed E-state index contributed by atoms with van der Waals surface area (Å²) in [5.74, 6) is 0.364. The number of aryl methyl sites for hydroxylation is 1. The van der Waals surface area contributed by atoms with Crippen molar-refractivity contribution in [2.75, 3.05) is 19.8 Å². The van der Waals surface area contributed by atoms with Gasteiger partial charge in [-0.2, -0.15) is 0 Å². The van der Waals surface area contributed by atoms with Gasteiger partial charge in [-0.05, 0) is 57.7 Å². The molecule has 6 heteroatoms. The van der Waals surface area contributed by atoms with Crippen LogP contribution < -0.4 is 4.74 Å². The molecule has 188 valence electrons. The molecule has 0 bridgehead atoms. The van der Waals surface area contributed by atoms with Gasteiger partial charge in [-0.1, -0.05) is 38.5 Å². The molecule has 1 aromatic heterocycles. The number of hydrogen-bond acceptors (Lipinski definition) is 5. The Hall–Kier alpha value is -2.05. The minimum absolute atomic E-state index is 0.252. The fourth-order valence-corrected chi connectivity index (χ4v) is 6.01. The van der Waals surface area contributed by atoms with Crippen LogP contribution in [0.1, 0.15) is 87.2 Å². The van der Waals surface area contributed by atoms with E-state index in [2.05, 4.69) is 4.90 Å². The second kappa shape index (κ2) is 11.6. The van der Waals surface area contributed by atoms with Gasteiger partial charge in [0.1, 0.15) is 18.5 Å². The van der Waals surface area contributed by atoms with Crippen molar-refractivity contribution in [3.05, 3.63) is 29.5 Å². The second-order valence-electron chi connectivity index (χ2n) is 10.2. The minimum atomic E-state index is -0.540. The molecule has 2 aliphatic rings. The predicted octanol–water partition coefficient (Wildman–Crippen LogP) is 5.37. The molecule has 2 aliphatic carbocycles. The van der Waals surface area contributed by atoms with Crippen LogP contribution in [0.15, 0.2) is 18.2 Å². The van der Waals surface area contributed by atoms with E-state index in [1.165, 1.54) is 64.2 Å². The van der Waals surface area contributed by atoms with Crippen LogP contribution in [0, 0.1) is 6.92 Å². The lowest BCUT2D eigenvalue weighted by Gasteiger charge is -2.42. The van der Waals surface area contributed by atoms with Gasteiger partial charge < -0.3 is 19.1 Å². The third kappa shape index (κ3) is 5.60. The van der Waals surface area contributed by atoms with Gasteiger partial charge in [0.05, 0.1) is 12.2 Å². The van der Waals surface area contributed by atoms with Crippen LogP contribution in [-0.4, -0.2) is 58.5 Å². The number of benzene rings is 1. The molecular weight excluding hydrogens is 428 g/mol. The second-order valence-corrected chi connectivity index (χ2v) is 10.2. The number of rotatable bonds is 9. The van der Waals surface area contributed by atoms with Crippen LogP contribution in [0.25, 0.3) is 10.9 Å². The van der Waals surface area contributed by atoms with Gasteiger partial charge in [0.2, 0.25) is 0 Å². The van der Waals surface area contributed by atoms with Crippen molar-refractivity contribution in [3.63, 3.8) is 0 Å². The van der Waals surface area contributed by atoms with Crippen LogP contribution in [0.2, 0.25) is 0 Å². The first-order valence-corrected chi connectivity index (χ1v) is 13.3. The van der Waals surface area contributed by atoms with Crippen molar-refractivity contribution in [2.45, 2.75) is 96.2 Å². The predicted molar refractivity (Wildman–Crippen MR) is 136 cm³/mol. The van der Waals surface area contributed by atoms with Crippen LogP contribution >= 0.6 is 0 Å². The monoisotopic (exact) mass is 470 g/mol. The minimum Gasteiger partial charge on any atom is -0.491 e. The van der Waals surface area contributed by atoms with Crippen molar-refractivity contribution in [2.24, 2.45) is 7.05 Å². The lowest BCUT2D eigenvalue weighted by molar-refractivity contribution is 0.0118. The van der Waals surface area contributed by atoms with Crippen molar-refractivity contribution >= 4 is 16.9 Å². The van der Waals surface area contributed by atoms with E-state index < -0.39 is 6.10 Å². The van der Waals surface area contributed by atoms with Crippen LogP contribution in [-0.2, 0) is 11.8 Å². The molecule has 2 fully saturated rings. The Kier molecular flexibility index (Phi) is 8.54. The summed E-state index contributed by atoms with van der Waals surface area (Å²) in [6, 6.07) is 7.00. The molecular formula is C28H42N2O4. The fraction of sp³-hybridized carbons (Fsp3) is 0.679. The lowest BCUT2D eigenvalue weighted by atomic mass is 9.88. The van der Waals surface area contributed by atoms with Crippen molar-refractivity contribution < 1.29 is 19.4 Å². The third-order valence-electron chi connectivity index (χ3n) is 7.89. The van der Waals surface area contributed by atoms with E-state index >= 15 is 0 Å². The number of aliphatic hydroxyl groups is 1. The number of fused-ring (bicyclic) bond motifs is 1. The normalized spacial score (nSPS) is 19.0. The number of carbonyl (C=O) groups excluding carboxylic acids is 1. The number of carbonyl (C=O) groups is 1. The summed E-state index contributed by atoms with van der Waals surface area (Å²) in [6.07, 6.45) is 12.4. The summed E-state index contributed by atoms with van der Waals surface area (Å²) >= 11 is 0. The Bertz CT molecular complexity index is 939. The van der Waals surface area contributed by atoms with Gasteiger partial charge in [-0.25, -0.2) is 4.79 Å². The Balaban J connectivity index is 1.44. The summed E-state index contributed by atoms with van der Waals surface area (Å²) in [5, 5.41) is 11.8. The molecule has 2 aromatic rings. The first kappa shape index (κ1) is 25.1. The Morgan fingerprint density at radius 1 is 1.09 bits per heavy atom. The first-order chi connectivity index (χ1) is 16.5. The zero-order valence-electron chi connectivity index (χ0n) is 21.2. The van der Waals surface area contributed by atoms with Gasteiger partial charge in [0.25, 0.3) is 0 Å². The molecule has 1 aromatic carbocycles. The fourth-order valence-electron chi connectivity index (χ4n) is 6.01. The Morgan fingerprint density at radius 3 is 2.29 bits per heavy atom. The molecule has 2 saturated carbocycles. The van der Waals surface area contributed by atoms with E-state index in [1.54, 1.807) is 0 Å². The highest BCUT2D eigenvalue weighted by atomic mass is 16.5. The zero-order chi connectivity index (χ0) is 24.1. The Morgan fingerprint density at radius 2 is 1.71 bits per heavy atom. The molecule has 1 N–H and O–H groups in total. The van der Waals surface area contributed by atoms with E-state index in [0.717, 1.165) is 16.6 Å². The van der Waals surface area contributed by atoms with E-state index in [-0.39, 0.29) is 12.6 Å². The van der Waals surface area contributed by atoms with E-state index in [0.29, 0.717) is 36.5 Å². The molecule has 0 amide bonds. The molecule has 0 aliphatic heterocycles. The average Bonchev–Trinajstić information content (AvgIpc) is 3.11. The van der Waals surface area contributed by atoms with Gasteiger partial charge in [0, 0.05) is 42.3 Å². The maximum atomic E-state index is 12.6. The summed E-state index contributed by atoms with van der Waals surface area (Å²) in [5.41, 5.74) is 2.43. The Labute approximate surface area is 204 Å². The van der Waals surface area contributed by atoms with Gasteiger partial charge >= 0.3 is 5.97 Å². The number of ether oxygens (including phenoxy) is 2. The number of aromatic nitrogens is 1. The van der Waals surface area contributed by atoms with Crippen LogP contribution in [0.5, 0.6) is 5.75 Å². The molecule has 6 nitrogen and oxygen atoms in total. The smallest absolute Gasteiger partial charge is 0.340 e. The lowest BCUT2D eigenvalue weighted by Crippen LogP contribution is -2.49. The van der Waals surface area contributed by atoms with Gasteiger partial charge in [-0.3, -0.25) is 4.90 Å². The number of nitrogens with zero attached hydrogens (tertiary/aromatic N) is 2. The summed E-state index contributed by atoms with van der Waals surface area (Å²) in [4.78, 5) is 15.2. The number of esters is 1. The molecule has 0 unspecified atom stereocenters. The highest BCUT2D eigenvalue weighted by Crippen LogP contribution is 2.31. The van der Waals surface area contributed by atoms with E-state index in [4.69, 9.17) is 9.47 Å². The molecule has 34 heavy (non-hydrogen) atoms. The van der Waals surface area contributed by atoms with Crippen LogP contribution in [0.4, 0.5) is 0 Å². The van der Waals surface area contributed by atoms with Crippen molar-refractivity contribution in [1.29, 1.82) is 0 Å². The SMILES string of the molecule is CCOC(=O)c1c(C)n(C)c2ccc(OC[C@@H](O)CN(C3CCCCC3)C3CCCCC3)cc12. The number of hydrogen-bond donors (Lipinski definition) is 1. The molecule has 4 rings (SSSR count). The maximum Gasteiger partial charge on any atom is 0.340 e. The van der Waals surface area contributed by atoms with E-state index in [9.17, 15) is 9.90 Å². The van der Waals surface area contributed by atoms with Crippen molar-refractivity contribution in [3.8, 4) is 5.75 Å². The summed E-state index contributed by atoms with van der Waals surface area (Å²) < 4.78 is 13.4. The van der Waals surface area contributed by atoms with Gasteiger partial charge in [-0.15, -0.1) is 0 Å². The topological polar surface area (TPSA) is 63.9 Å². The quantitative estimate of drug-likeness (QED) is 0.499. The molecule has 1 heterocycles. The number of aliphatic hydroxyl groups excluding tert-OH is 1. The molecule has 0 radical (unpaired) electrons. The van der Waals surface area contributed by atoms with E-state index in [1.807, 2.05) is 43.7 Å². The maximum absolute atomic E-state index is 12.6. The summed E-state index contributed by atoms with van der Waals surface area (Å²) in [6.45, 7) is 5.02. The standard InChI is InChI=1S/C28H42N2O4/c1-4-33-28(32)27-20(2)29(3)26-16-15-24(17-25(26)27)34-19-23(31)18-30(21-11-7-5-8-12-21)22-13-9-6-10-14-22/h15-17,21-23,31H,4-14,18-19H2,1-3H3/t23-/m0/s1. The highest BCUT2D eigenvalue weighted by Gasteiger charge is 2.30. The molecule has 1 atom stereocenters. The van der Waals surface area contributed by atoms with Gasteiger partial charge in [0.15, 0.2) is 0 Å². The highest BCUT2D eigenvalue weighted by molar-refractivity contribution is 6.06. The zero-order valence-corrected chi connectivity index (χ0v) is 21.2. The van der Waals surface area contributed by atoms with Crippen molar-refractivity contribution in [1.82, 2.24) is 9.47 Å². The summed E-state index contributed by atoms with van der Waals surface area (Å²) in [7, 11) is 1.95.